The summed E-state index contributed by atoms with van der Waals surface area (Å²) in [6.45, 7) is 2.79. The molecule has 0 aromatic carbocycles. The molecule has 0 radical (unpaired) electrons. The number of thiophene rings is 1. The van der Waals surface area contributed by atoms with E-state index in [1.54, 1.807) is 17.6 Å². The Labute approximate surface area is 105 Å². The van der Waals surface area contributed by atoms with Crippen LogP contribution >= 0.6 is 11.3 Å². The lowest BCUT2D eigenvalue weighted by Gasteiger charge is -2.21. The van der Waals surface area contributed by atoms with Gasteiger partial charge in [-0.1, -0.05) is 6.07 Å². The molecule has 2 rings (SSSR count). The number of nitrogens with zero attached hydrogens (tertiary/aromatic N) is 2. The van der Waals surface area contributed by atoms with Gasteiger partial charge >= 0.3 is 0 Å². The van der Waals surface area contributed by atoms with E-state index in [0.717, 1.165) is 10.6 Å². The van der Waals surface area contributed by atoms with Crippen LogP contribution in [0, 0.1) is 0 Å². The van der Waals surface area contributed by atoms with Crippen molar-refractivity contribution in [2.75, 3.05) is 13.7 Å². The minimum atomic E-state index is 0.122. The highest BCUT2D eigenvalue weighted by Crippen LogP contribution is 2.23. The van der Waals surface area contributed by atoms with Crippen molar-refractivity contribution in [2.45, 2.75) is 19.5 Å². The van der Waals surface area contributed by atoms with E-state index in [2.05, 4.69) is 4.98 Å². The first-order valence-corrected chi connectivity index (χ1v) is 6.38. The van der Waals surface area contributed by atoms with Crippen molar-refractivity contribution in [3.8, 4) is 10.8 Å². The lowest BCUT2D eigenvalue weighted by atomic mass is 10.3. The van der Waals surface area contributed by atoms with Gasteiger partial charge in [0.15, 0.2) is 0 Å². The van der Waals surface area contributed by atoms with Gasteiger partial charge in [0.2, 0.25) is 5.89 Å². The Hall–Kier alpha value is -1.17. The van der Waals surface area contributed by atoms with Gasteiger partial charge in [0.05, 0.1) is 17.2 Å². The molecule has 2 heterocycles. The Morgan fingerprint density at radius 1 is 1.59 bits per heavy atom. The predicted octanol–water partition coefficient (Wildman–Crippen LogP) is 2.22. The molecular weight excluding hydrogens is 236 g/mol. The van der Waals surface area contributed by atoms with Crippen molar-refractivity contribution in [1.29, 1.82) is 0 Å². The molecule has 0 aliphatic rings. The molecule has 2 aromatic rings. The second-order valence-electron chi connectivity index (χ2n) is 4.07. The maximum Gasteiger partial charge on any atom is 0.236 e. The molecule has 0 aliphatic heterocycles. The van der Waals surface area contributed by atoms with Gasteiger partial charge in [0.25, 0.3) is 0 Å². The monoisotopic (exact) mass is 252 g/mol. The fourth-order valence-electron chi connectivity index (χ4n) is 1.44. The smallest absolute Gasteiger partial charge is 0.236 e. The van der Waals surface area contributed by atoms with Gasteiger partial charge in [0.1, 0.15) is 6.26 Å². The van der Waals surface area contributed by atoms with Crippen LogP contribution in [0.5, 0.6) is 0 Å². The number of hydrogen-bond acceptors (Lipinski definition) is 5. The van der Waals surface area contributed by atoms with Crippen LogP contribution < -0.4 is 0 Å². The number of rotatable bonds is 5. The zero-order chi connectivity index (χ0) is 12.3. The van der Waals surface area contributed by atoms with E-state index in [0.29, 0.717) is 12.4 Å². The number of aromatic nitrogens is 1. The Balaban J connectivity index is 2.04. The molecule has 0 bridgehead atoms. The number of oxazole rings is 1. The van der Waals surface area contributed by atoms with Crippen molar-refractivity contribution in [3.63, 3.8) is 0 Å². The number of likely N-dealkylation sites (N-methyl/N-ethyl adjacent to an activating group) is 1. The highest BCUT2D eigenvalue weighted by Gasteiger charge is 2.12. The molecule has 1 atom stereocenters. The molecule has 0 fully saturated rings. The molecule has 0 saturated heterocycles. The summed E-state index contributed by atoms with van der Waals surface area (Å²) in [5.74, 6) is 0.667. The van der Waals surface area contributed by atoms with Crippen molar-refractivity contribution >= 4 is 11.3 Å². The summed E-state index contributed by atoms with van der Waals surface area (Å²) in [5.41, 5.74) is 0.885. The fraction of sp³-hybridized carbons (Fsp3) is 0.417. The number of aliphatic hydroxyl groups is 1. The molecule has 0 amide bonds. The van der Waals surface area contributed by atoms with Crippen LogP contribution in [0.2, 0.25) is 0 Å². The van der Waals surface area contributed by atoms with Crippen LogP contribution in [-0.2, 0) is 6.54 Å². The summed E-state index contributed by atoms with van der Waals surface area (Å²) < 4.78 is 5.43. The van der Waals surface area contributed by atoms with Crippen molar-refractivity contribution in [2.24, 2.45) is 0 Å². The van der Waals surface area contributed by atoms with Gasteiger partial charge in [0, 0.05) is 12.6 Å². The number of aliphatic hydroxyl groups excluding tert-OH is 1. The lowest BCUT2D eigenvalue weighted by molar-refractivity contribution is 0.153. The fourth-order valence-corrected chi connectivity index (χ4v) is 2.10. The summed E-state index contributed by atoms with van der Waals surface area (Å²) in [4.78, 5) is 7.50. The zero-order valence-electron chi connectivity index (χ0n) is 9.96. The molecule has 4 nitrogen and oxygen atoms in total. The third-order valence-electron chi connectivity index (χ3n) is 2.71. The highest BCUT2D eigenvalue weighted by molar-refractivity contribution is 7.13. The zero-order valence-corrected chi connectivity index (χ0v) is 10.8. The topological polar surface area (TPSA) is 49.5 Å². The van der Waals surface area contributed by atoms with Gasteiger partial charge < -0.3 is 9.52 Å². The van der Waals surface area contributed by atoms with Crippen LogP contribution in [0.4, 0.5) is 0 Å². The molecule has 17 heavy (non-hydrogen) atoms. The molecule has 0 saturated carbocycles. The van der Waals surface area contributed by atoms with Crippen LogP contribution in [0.3, 0.4) is 0 Å². The largest absolute Gasteiger partial charge is 0.444 e. The van der Waals surface area contributed by atoms with E-state index in [9.17, 15) is 0 Å². The molecule has 1 N–H and O–H groups in total. The van der Waals surface area contributed by atoms with E-state index in [1.807, 2.05) is 36.4 Å². The maximum atomic E-state index is 9.05. The first kappa shape index (κ1) is 12.3. The summed E-state index contributed by atoms with van der Waals surface area (Å²) in [6.07, 6.45) is 1.68. The van der Waals surface area contributed by atoms with E-state index in [1.165, 1.54) is 0 Å². The normalized spacial score (nSPS) is 13.2. The minimum Gasteiger partial charge on any atom is -0.444 e. The van der Waals surface area contributed by atoms with E-state index < -0.39 is 0 Å². The second-order valence-corrected chi connectivity index (χ2v) is 5.02. The average Bonchev–Trinajstić information content (AvgIpc) is 2.97. The Kier molecular flexibility index (Phi) is 3.93. The van der Waals surface area contributed by atoms with Crippen molar-refractivity contribution in [1.82, 2.24) is 9.88 Å². The van der Waals surface area contributed by atoms with Crippen LogP contribution in [-0.4, -0.2) is 34.7 Å². The SMILES string of the molecule is CC(CO)N(C)Cc1coc(-c2cccs2)n1. The molecular formula is C12H16N2O2S. The van der Waals surface area contributed by atoms with E-state index in [-0.39, 0.29) is 12.6 Å². The standard InChI is InChI=1S/C12H16N2O2S/c1-9(7-15)14(2)6-10-8-16-12(13-10)11-4-3-5-17-11/h3-5,8-9,15H,6-7H2,1-2H3. The minimum absolute atomic E-state index is 0.122. The Morgan fingerprint density at radius 2 is 2.41 bits per heavy atom. The van der Waals surface area contributed by atoms with Gasteiger partial charge in [-0.15, -0.1) is 11.3 Å². The van der Waals surface area contributed by atoms with Crippen molar-refractivity contribution < 1.29 is 9.52 Å². The highest BCUT2D eigenvalue weighted by atomic mass is 32.1. The lowest BCUT2D eigenvalue weighted by Crippen LogP contribution is -2.31. The molecule has 1 unspecified atom stereocenters. The molecule has 2 aromatic heterocycles. The van der Waals surface area contributed by atoms with E-state index in [4.69, 9.17) is 9.52 Å². The Morgan fingerprint density at radius 3 is 3.06 bits per heavy atom. The maximum absolute atomic E-state index is 9.05. The molecule has 92 valence electrons. The van der Waals surface area contributed by atoms with Gasteiger partial charge in [-0.3, -0.25) is 4.90 Å². The van der Waals surface area contributed by atoms with Gasteiger partial charge in [-0.05, 0) is 25.4 Å². The molecule has 0 spiro atoms. The molecule has 0 aliphatic carbocycles. The second kappa shape index (κ2) is 5.44. The van der Waals surface area contributed by atoms with E-state index >= 15 is 0 Å². The summed E-state index contributed by atoms with van der Waals surface area (Å²) in [7, 11) is 1.96. The van der Waals surface area contributed by atoms with Crippen LogP contribution in [0.25, 0.3) is 10.8 Å². The van der Waals surface area contributed by atoms with Crippen LogP contribution in [0.1, 0.15) is 12.6 Å². The quantitative estimate of drug-likeness (QED) is 0.886. The average molecular weight is 252 g/mol. The van der Waals surface area contributed by atoms with Crippen LogP contribution in [0.15, 0.2) is 28.2 Å². The first-order valence-electron chi connectivity index (χ1n) is 5.50. The summed E-state index contributed by atoms with van der Waals surface area (Å²) >= 11 is 1.61. The summed E-state index contributed by atoms with van der Waals surface area (Å²) in [6, 6.07) is 4.08. The van der Waals surface area contributed by atoms with Gasteiger partial charge in [-0.2, -0.15) is 0 Å². The number of hydrogen-bond donors (Lipinski definition) is 1. The third kappa shape index (κ3) is 2.94. The first-order chi connectivity index (χ1) is 8.20. The predicted molar refractivity (Wildman–Crippen MR) is 67.8 cm³/mol. The van der Waals surface area contributed by atoms with Gasteiger partial charge in [-0.25, -0.2) is 4.98 Å². The third-order valence-corrected chi connectivity index (χ3v) is 3.57. The Bertz CT molecular complexity index is 453. The molecule has 5 heteroatoms. The summed E-state index contributed by atoms with van der Waals surface area (Å²) in [5, 5.41) is 11.1. The van der Waals surface area contributed by atoms with Crippen molar-refractivity contribution in [3.05, 3.63) is 29.5 Å².